The Kier molecular flexibility index (Phi) is 6.12. The van der Waals surface area contributed by atoms with Crippen LogP contribution in [0.1, 0.15) is 32.3 Å². The van der Waals surface area contributed by atoms with E-state index >= 15 is 0 Å². The van der Waals surface area contributed by atoms with Crippen molar-refractivity contribution >= 4 is 44.9 Å². The van der Waals surface area contributed by atoms with E-state index in [-0.39, 0.29) is 16.9 Å². The van der Waals surface area contributed by atoms with Crippen LogP contribution in [-0.2, 0) is 4.79 Å². The van der Waals surface area contributed by atoms with E-state index in [1.807, 2.05) is 13.8 Å². The molecule has 1 fully saturated rings. The number of phenolic OH excluding ortho intramolecular Hbond substituents is 1. The molecule has 0 unspecified atom stereocenters. The second-order valence-corrected chi connectivity index (χ2v) is 6.87. The standard InChI is InChI=1S/C16H18BrNO4S/c1-3-5-6-18-15(20)13(23-16(18)21)8-10-7-11(17)9-12(14(10)19)22-4-2/h7-9,19H,3-6H2,1-2H3/b13-8-. The number of aromatic hydroxyl groups is 1. The van der Waals surface area contributed by atoms with E-state index in [4.69, 9.17) is 4.74 Å². The van der Waals surface area contributed by atoms with Gasteiger partial charge in [0.05, 0.1) is 11.5 Å². The minimum absolute atomic E-state index is 0.0459. The van der Waals surface area contributed by atoms with Crippen LogP contribution >= 0.6 is 27.7 Å². The minimum Gasteiger partial charge on any atom is -0.504 e. The lowest BCUT2D eigenvalue weighted by Gasteiger charge is -2.11. The molecule has 0 radical (unpaired) electrons. The van der Waals surface area contributed by atoms with Gasteiger partial charge < -0.3 is 9.84 Å². The number of hydrogen-bond acceptors (Lipinski definition) is 5. The predicted molar refractivity (Wildman–Crippen MR) is 94.6 cm³/mol. The molecule has 0 atom stereocenters. The summed E-state index contributed by atoms with van der Waals surface area (Å²) in [5.74, 6) is -0.0282. The molecule has 5 nitrogen and oxygen atoms in total. The molecule has 0 aliphatic carbocycles. The Labute approximate surface area is 147 Å². The summed E-state index contributed by atoms with van der Waals surface area (Å²) in [6.45, 7) is 4.66. The van der Waals surface area contributed by atoms with Gasteiger partial charge in [0, 0.05) is 16.6 Å². The Morgan fingerprint density at radius 2 is 2.09 bits per heavy atom. The van der Waals surface area contributed by atoms with Crippen molar-refractivity contribution in [2.24, 2.45) is 0 Å². The maximum Gasteiger partial charge on any atom is 0.293 e. The SMILES string of the molecule is CCCCN1C(=O)S/C(=C\c2cc(Br)cc(OCC)c2O)C1=O. The molecule has 0 saturated carbocycles. The third-order valence-corrected chi connectivity index (χ3v) is 4.63. The van der Waals surface area contributed by atoms with Crippen molar-refractivity contribution in [1.82, 2.24) is 4.90 Å². The van der Waals surface area contributed by atoms with Crippen LogP contribution in [0.4, 0.5) is 4.79 Å². The van der Waals surface area contributed by atoms with E-state index in [9.17, 15) is 14.7 Å². The monoisotopic (exact) mass is 399 g/mol. The van der Waals surface area contributed by atoms with Gasteiger partial charge in [0.1, 0.15) is 0 Å². The highest BCUT2D eigenvalue weighted by molar-refractivity contribution is 9.10. The first-order valence-corrected chi connectivity index (χ1v) is 8.99. The van der Waals surface area contributed by atoms with Gasteiger partial charge in [-0.1, -0.05) is 29.3 Å². The maximum absolute atomic E-state index is 12.3. The second-order valence-electron chi connectivity index (χ2n) is 4.96. The van der Waals surface area contributed by atoms with Crippen LogP contribution in [0.25, 0.3) is 6.08 Å². The smallest absolute Gasteiger partial charge is 0.293 e. The van der Waals surface area contributed by atoms with Gasteiger partial charge in [-0.15, -0.1) is 0 Å². The molecule has 1 aromatic rings. The molecule has 1 saturated heterocycles. The third-order valence-electron chi connectivity index (χ3n) is 3.26. The van der Waals surface area contributed by atoms with Crippen molar-refractivity contribution in [1.29, 1.82) is 0 Å². The van der Waals surface area contributed by atoms with Crippen molar-refractivity contribution in [3.05, 3.63) is 27.1 Å². The van der Waals surface area contributed by atoms with Gasteiger partial charge in [0.25, 0.3) is 11.1 Å². The average molecular weight is 400 g/mol. The molecule has 1 N–H and O–H groups in total. The fourth-order valence-corrected chi connectivity index (χ4v) is 3.43. The highest BCUT2D eigenvalue weighted by Gasteiger charge is 2.34. The lowest BCUT2D eigenvalue weighted by atomic mass is 10.1. The first-order valence-electron chi connectivity index (χ1n) is 7.38. The quantitative estimate of drug-likeness (QED) is 0.718. The summed E-state index contributed by atoms with van der Waals surface area (Å²) < 4.78 is 6.08. The summed E-state index contributed by atoms with van der Waals surface area (Å²) >= 11 is 4.24. The summed E-state index contributed by atoms with van der Waals surface area (Å²) in [5.41, 5.74) is 0.434. The molecular weight excluding hydrogens is 382 g/mol. The summed E-state index contributed by atoms with van der Waals surface area (Å²) in [6.07, 6.45) is 3.21. The first kappa shape index (κ1) is 17.9. The van der Waals surface area contributed by atoms with Crippen LogP contribution in [0.2, 0.25) is 0 Å². The van der Waals surface area contributed by atoms with Crippen LogP contribution in [0.3, 0.4) is 0 Å². The number of carbonyl (C=O) groups excluding carboxylic acids is 2. The fourth-order valence-electron chi connectivity index (χ4n) is 2.12. The zero-order valence-electron chi connectivity index (χ0n) is 13.0. The zero-order chi connectivity index (χ0) is 17.0. The molecule has 1 heterocycles. The van der Waals surface area contributed by atoms with Crippen LogP contribution < -0.4 is 4.74 Å². The van der Waals surface area contributed by atoms with E-state index in [1.54, 1.807) is 12.1 Å². The Morgan fingerprint density at radius 3 is 2.74 bits per heavy atom. The summed E-state index contributed by atoms with van der Waals surface area (Å²) in [5, 5.41) is 9.99. The van der Waals surface area contributed by atoms with Crippen molar-refractivity contribution in [3.63, 3.8) is 0 Å². The van der Waals surface area contributed by atoms with Gasteiger partial charge in [-0.3, -0.25) is 14.5 Å². The summed E-state index contributed by atoms with van der Waals surface area (Å²) in [4.78, 5) is 25.8. The number of unbranched alkanes of at least 4 members (excludes halogenated alkanes) is 1. The van der Waals surface area contributed by atoms with E-state index in [2.05, 4.69) is 15.9 Å². The van der Waals surface area contributed by atoms with Crippen molar-refractivity contribution in [3.8, 4) is 11.5 Å². The number of rotatable bonds is 6. The molecule has 1 aliphatic rings. The number of imide groups is 1. The number of halogens is 1. The van der Waals surface area contributed by atoms with Crippen molar-refractivity contribution < 1.29 is 19.4 Å². The molecule has 0 spiro atoms. The predicted octanol–water partition coefficient (Wildman–Crippen LogP) is 4.39. The van der Waals surface area contributed by atoms with Gasteiger partial charge >= 0.3 is 0 Å². The highest BCUT2D eigenvalue weighted by Crippen LogP contribution is 2.38. The second kappa shape index (κ2) is 7.88. The van der Waals surface area contributed by atoms with E-state index in [0.29, 0.717) is 29.4 Å². The largest absolute Gasteiger partial charge is 0.504 e. The van der Waals surface area contributed by atoms with E-state index in [1.165, 1.54) is 11.0 Å². The highest BCUT2D eigenvalue weighted by atomic mass is 79.9. The Hall–Kier alpha value is -1.47. The normalized spacial score (nSPS) is 16.5. The summed E-state index contributed by atoms with van der Waals surface area (Å²) in [7, 11) is 0. The molecular formula is C16H18BrNO4S. The zero-order valence-corrected chi connectivity index (χ0v) is 15.4. The molecule has 124 valence electrons. The molecule has 23 heavy (non-hydrogen) atoms. The Morgan fingerprint density at radius 1 is 1.35 bits per heavy atom. The van der Waals surface area contributed by atoms with E-state index < -0.39 is 0 Å². The Bertz CT molecular complexity index is 660. The number of thioether (sulfide) groups is 1. The van der Waals surface area contributed by atoms with Crippen LogP contribution in [0.5, 0.6) is 11.5 Å². The van der Waals surface area contributed by atoms with Crippen LogP contribution in [-0.4, -0.2) is 34.3 Å². The van der Waals surface area contributed by atoms with Crippen molar-refractivity contribution in [2.75, 3.05) is 13.2 Å². The molecule has 0 bridgehead atoms. The van der Waals surface area contributed by atoms with Gasteiger partial charge in [0.2, 0.25) is 0 Å². The van der Waals surface area contributed by atoms with Gasteiger partial charge in [-0.05, 0) is 43.3 Å². The molecule has 2 amide bonds. The minimum atomic E-state index is -0.314. The molecule has 0 aromatic heterocycles. The maximum atomic E-state index is 12.3. The number of ether oxygens (including phenoxy) is 1. The molecule has 1 aromatic carbocycles. The fraction of sp³-hybridized carbons (Fsp3) is 0.375. The first-order chi connectivity index (χ1) is 11.0. The molecule has 7 heteroatoms. The topological polar surface area (TPSA) is 66.8 Å². The number of carbonyl (C=O) groups is 2. The number of amides is 2. The van der Waals surface area contributed by atoms with Gasteiger partial charge in [-0.25, -0.2) is 0 Å². The number of nitrogens with zero attached hydrogens (tertiary/aromatic N) is 1. The van der Waals surface area contributed by atoms with E-state index in [0.717, 1.165) is 29.1 Å². The van der Waals surface area contributed by atoms with Crippen LogP contribution in [0.15, 0.2) is 21.5 Å². The lowest BCUT2D eigenvalue weighted by molar-refractivity contribution is -0.122. The Balaban J connectivity index is 2.32. The third kappa shape index (κ3) is 4.09. The number of hydrogen-bond donors (Lipinski definition) is 1. The summed E-state index contributed by atoms with van der Waals surface area (Å²) in [6, 6.07) is 3.33. The van der Waals surface area contributed by atoms with Gasteiger partial charge in [0.15, 0.2) is 11.5 Å². The lowest BCUT2D eigenvalue weighted by Crippen LogP contribution is -2.29. The average Bonchev–Trinajstić information content (AvgIpc) is 2.76. The molecule has 2 rings (SSSR count). The number of phenols is 1. The molecule has 1 aliphatic heterocycles. The van der Waals surface area contributed by atoms with Crippen LogP contribution in [0, 0.1) is 0 Å². The number of benzene rings is 1. The van der Waals surface area contributed by atoms with Crippen molar-refractivity contribution in [2.45, 2.75) is 26.7 Å². The van der Waals surface area contributed by atoms with Gasteiger partial charge in [-0.2, -0.15) is 0 Å².